The first-order valence-corrected chi connectivity index (χ1v) is 11.1. The fourth-order valence-corrected chi connectivity index (χ4v) is 8.39. The average Bonchev–Trinajstić information content (AvgIpc) is 3.16. The molecular formula is C23H34O4. The quantitative estimate of drug-likeness (QED) is 0.688. The summed E-state index contributed by atoms with van der Waals surface area (Å²) in [6, 6.07) is 0. The minimum atomic E-state index is -0.628. The third-order valence-electron chi connectivity index (χ3n) is 9.96. The molecule has 0 spiro atoms. The molecule has 5 rings (SSSR count). The molecule has 0 amide bonds. The van der Waals surface area contributed by atoms with Crippen molar-refractivity contribution >= 4 is 5.97 Å². The molecule has 27 heavy (non-hydrogen) atoms. The number of esters is 1. The third-order valence-corrected chi connectivity index (χ3v) is 9.96. The highest BCUT2D eigenvalue weighted by molar-refractivity contribution is 5.85. The fourth-order valence-electron chi connectivity index (χ4n) is 8.39. The zero-order chi connectivity index (χ0) is 19.0. The standard InChI is InChI=1S/C23H34O4/c1-21-8-5-16(24)12-15(21)3-4-19-18(21)6-9-22(2)17(7-10-23(19,22)26)14-11-20(25)27-13-14/h11,15-19,24,26H,3-10,12-13H2,1-2H3/t15-,16-,17-,18-,19+,21-,22+,23-/m0/s1. The summed E-state index contributed by atoms with van der Waals surface area (Å²) in [7, 11) is 0. The number of carbonyl (C=O) groups is 1. The van der Waals surface area contributed by atoms with Crippen molar-refractivity contribution in [3.8, 4) is 0 Å². The number of carbonyl (C=O) groups excluding carboxylic acids is 1. The molecule has 0 unspecified atom stereocenters. The first kappa shape index (κ1) is 18.2. The Hall–Kier alpha value is -0.870. The van der Waals surface area contributed by atoms with Gasteiger partial charge in [-0.2, -0.15) is 0 Å². The zero-order valence-corrected chi connectivity index (χ0v) is 16.7. The molecule has 1 heterocycles. The topological polar surface area (TPSA) is 66.8 Å². The van der Waals surface area contributed by atoms with Crippen molar-refractivity contribution in [3.05, 3.63) is 11.6 Å². The van der Waals surface area contributed by atoms with E-state index < -0.39 is 5.60 Å². The van der Waals surface area contributed by atoms with E-state index >= 15 is 0 Å². The van der Waals surface area contributed by atoms with Gasteiger partial charge in [0.05, 0.1) is 11.7 Å². The molecule has 4 aliphatic carbocycles. The largest absolute Gasteiger partial charge is 0.458 e. The molecule has 4 nitrogen and oxygen atoms in total. The Balaban J connectivity index is 1.47. The highest BCUT2D eigenvalue weighted by Gasteiger charge is 2.67. The number of hydrogen-bond acceptors (Lipinski definition) is 4. The lowest BCUT2D eigenvalue weighted by atomic mass is 9.43. The number of aliphatic hydroxyl groups excluding tert-OH is 1. The van der Waals surface area contributed by atoms with Gasteiger partial charge in [-0.1, -0.05) is 13.8 Å². The number of aliphatic hydroxyl groups is 2. The van der Waals surface area contributed by atoms with Crippen molar-refractivity contribution in [1.82, 2.24) is 0 Å². The first-order valence-electron chi connectivity index (χ1n) is 11.1. The minimum Gasteiger partial charge on any atom is -0.458 e. The van der Waals surface area contributed by atoms with E-state index in [9.17, 15) is 15.0 Å². The monoisotopic (exact) mass is 374 g/mol. The summed E-state index contributed by atoms with van der Waals surface area (Å²) in [5.74, 6) is 1.59. The van der Waals surface area contributed by atoms with Gasteiger partial charge in [0.25, 0.3) is 0 Å². The van der Waals surface area contributed by atoms with Gasteiger partial charge >= 0.3 is 5.97 Å². The predicted octanol–water partition coefficient (Wildman–Crippen LogP) is 3.60. The Morgan fingerprint density at radius 3 is 2.59 bits per heavy atom. The first-order chi connectivity index (χ1) is 12.8. The maximum atomic E-state index is 12.1. The van der Waals surface area contributed by atoms with Crippen LogP contribution in [0.4, 0.5) is 0 Å². The van der Waals surface area contributed by atoms with Gasteiger partial charge in [0, 0.05) is 11.5 Å². The van der Waals surface area contributed by atoms with Crippen LogP contribution in [0, 0.1) is 34.5 Å². The molecule has 0 bridgehead atoms. The molecular weight excluding hydrogens is 340 g/mol. The van der Waals surface area contributed by atoms with E-state index in [0.29, 0.717) is 24.4 Å². The van der Waals surface area contributed by atoms with Crippen LogP contribution >= 0.6 is 0 Å². The molecule has 1 aliphatic heterocycles. The highest BCUT2D eigenvalue weighted by atomic mass is 16.5. The SMILES string of the molecule is C[C@]12CC[C@H](O)C[C@@H]1CC[C@@H]1[C@@H]2CC[C@]2(C)[C@H](C3=CC(=O)OC3)CC[C@]12O. The Morgan fingerprint density at radius 1 is 1.04 bits per heavy atom. The summed E-state index contributed by atoms with van der Waals surface area (Å²) in [6.45, 7) is 5.15. The smallest absolute Gasteiger partial charge is 0.331 e. The van der Waals surface area contributed by atoms with Crippen molar-refractivity contribution in [2.45, 2.75) is 83.3 Å². The van der Waals surface area contributed by atoms with Crippen LogP contribution < -0.4 is 0 Å². The van der Waals surface area contributed by atoms with E-state index in [-0.39, 0.29) is 28.8 Å². The van der Waals surface area contributed by atoms with Crippen molar-refractivity contribution in [2.75, 3.05) is 6.61 Å². The number of cyclic esters (lactones) is 1. The molecule has 0 radical (unpaired) electrons. The summed E-state index contributed by atoms with van der Waals surface area (Å²) in [5, 5.41) is 22.3. The molecule has 4 heteroatoms. The van der Waals surface area contributed by atoms with Crippen molar-refractivity contribution in [2.24, 2.45) is 34.5 Å². The lowest BCUT2D eigenvalue weighted by Gasteiger charge is -2.63. The van der Waals surface area contributed by atoms with Crippen LogP contribution in [0.2, 0.25) is 0 Å². The second-order valence-corrected chi connectivity index (χ2v) is 10.7. The Kier molecular flexibility index (Phi) is 3.92. The summed E-state index contributed by atoms with van der Waals surface area (Å²) in [4.78, 5) is 11.6. The maximum absolute atomic E-state index is 12.1. The molecule has 150 valence electrons. The van der Waals surface area contributed by atoms with E-state index in [1.807, 2.05) is 0 Å². The van der Waals surface area contributed by atoms with Gasteiger partial charge in [-0.15, -0.1) is 0 Å². The van der Waals surface area contributed by atoms with Gasteiger partial charge in [-0.25, -0.2) is 4.79 Å². The Morgan fingerprint density at radius 2 is 1.85 bits per heavy atom. The van der Waals surface area contributed by atoms with Gasteiger partial charge in [-0.05, 0) is 92.4 Å². The number of fused-ring (bicyclic) bond motifs is 5. The van der Waals surface area contributed by atoms with E-state index in [1.165, 1.54) is 6.42 Å². The van der Waals surface area contributed by atoms with Crippen LogP contribution in [0.1, 0.15) is 71.6 Å². The molecule has 5 aliphatic rings. The minimum absolute atomic E-state index is 0.126. The normalized spacial score (nSPS) is 54.6. The maximum Gasteiger partial charge on any atom is 0.331 e. The third kappa shape index (κ3) is 2.32. The fraction of sp³-hybridized carbons (Fsp3) is 0.870. The molecule has 0 aromatic carbocycles. The lowest BCUT2D eigenvalue weighted by Crippen LogP contribution is -2.62. The highest BCUT2D eigenvalue weighted by Crippen LogP contribution is 2.69. The molecule has 4 saturated carbocycles. The van der Waals surface area contributed by atoms with Crippen LogP contribution in [0.5, 0.6) is 0 Å². The van der Waals surface area contributed by atoms with Crippen molar-refractivity contribution in [3.63, 3.8) is 0 Å². The number of hydrogen-bond donors (Lipinski definition) is 2. The van der Waals surface area contributed by atoms with Gasteiger partial charge < -0.3 is 14.9 Å². The molecule has 0 aromatic rings. The van der Waals surface area contributed by atoms with Gasteiger partial charge in [0.15, 0.2) is 0 Å². The van der Waals surface area contributed by atoms with E-state index in [2.05, 4.69) is 13.8 Å². The van der Waals surface area contributed by atoms with Crippen LogP contribution in [-0.2, 0) is 9.53 Å². The zero-order valence-electron chi connectivity index (χ0n) is 16.7. The van der Waals surface area contributed by atoms with Gasteiger partial charge in [-0.3, -0.25) is 0 Å². The predicted molar refractivity (Wildman–Crippen MR) is 102 cm³/mol. The molecule has 0 saturated heterocycles. The van der Waals surface area contributed by atoms with E-state index in [1.54, 1.807) is 6.08 Å². The van der Waals surface area contributed by atoms with Crippen molar-refractivity contribution < 1.29 is 19.7 Å². The molecule has 4 fully saturated rings. The van der Waals surface area contributed by atoms with Crippen LogP contribution in [-0.4, -0.2) is 34.5 Å². The van der Waals surface area contributed by atoms with Crippen LogP contribution in [0.15, 0.2) is 11.6 Å². The second-order valence-electron chi connectivity index (χ2n) is 10.7. The van der Waals surface area contributed by atoms with E-state index in [0.717, 1.165) is 56.9 Å². The summed E-state index contributed by atoms with van der Waals surface area (Å²) in [5.41, 5.74) is 0.600. The van der Waals surface area contributed by atoms with Crippen LogP contribution in [0.25, 0.3) is 0 Å². The number of rotatable bonds is 1. The molecule has 2 N–H and O–H groups in total. The van der Waals surface area contributed by atoms with Crippen molar-refractivity contribution in [1.29, 1.82) is 0 Å². The summed E-state index contributed by atoms with van der Waals surface area (Å²) in [6.07, 6.45) is 10.8. The Labute approximate surface area is 162 Å². The second kappa shape index (κ2) is 5.82. The van der Waals surface area contributed by atoms with Gasteiger partial charge in [0.2, 0.25) is 0 Å². The average molecular weight is 375 g/mol. The summed E-state index contributed by atoms with van der Waals surface area (Å²) >= 11 is 0. The molecule has 8 atom stereocenters. The number of ether oxygens (including phenoxy) is 1. The van der Waals surface area contributed by atoms with E-state index in [4.69, 9.17) is 4.74 Å². The summed E-state index contributed by atoms with van der Waals surface area (Å²) < 4.78 is 5.20. The molecule has 0 aromatic heterocycles. The van der Waals surface area contributed by atoms with Gasteiger partial charge in [0.1, 0.15) is 6.61 Å². The van der Waals surface area contributed by atoms with Crippen LogP contribution in [0.3, 0.4) is 0 Å². The lowest BCUT2D eigenvalue weighted by molar-refractivity contribution is -0.208. The Bertz CT molecular complexity index is 686.